The number of ketones is 1. The molecule has 1 unspecified atom stereocenters. The van der Waals surface area contributed by atoms with Gasteiger partial charge in [-0.25, -0.2) is 4.79 Å². The summed E-state index contributed by atoms with van der Waals surface area (Å²) in [6, 6.07) is 14.1. The Hall–Kier alpha value is -4.18. The largest absolute Gasteiger partial charge is 0.493 e. The molecular weight excluding hydrogens is 561 g/mol. The van der Waals surface area contributed by atoms with Gasteiger partial charge in [0, 0.05) is 58.9 Å². The van der Waals surface area contributed by atoms with Crippen molar-refractivity contribution in [1.82, 2.24) is 4.57 Å². The second kappa shape index (κ2) is 12.6. The zero-order chi connectivity index (χ0) is 30.7. The Bertz CT molecular complexity index is 1700. The van der Waals surface area contributed by atoms with Crippen LogP contribution in [0.3, 0.4) is 0 Å². The lowest BCUT2D eigenvalue weighted by atomic mass is 9.96. The number of halogens is 3. The van der Waals surface area contributed by atoms with Gasteiger partial charge in [0.1, 0.15) is 5.75 Å². The van der Waals surface area contributed by atoms with Crippen LogP contribution in [0.2, 0.25) is 0 Å². The fourth-order valence-electron chi connectivity index (χ4n) is 5.43. The maximum absolute atomic E-state index is 14.2. The molecule has 0 aliphatic carbocycles. The Morgan fingerprint density at radius 3 is 2.33 bits per heavy atom. The molecule has 1 aliphatic rings. The second-order valence-corrected chi connectivity index (χ2v) is 10.5. The molecule has 1 aromatic heterocycles. The number of ether oxygens (including phenoxy) is 2. The molecule has 0 bridgehead atoms. The lowest BCUT2D eigenvalue weighted by Gasteiger charge is -2.15. The van der Waals surface area contributed by atoms with Gasteiger partial charge in [-0.15, -0.1) is 0 Å². The highest BCUT2D eigenvalue weighted by Gasteiger charge is 2.36. The summed E-state index contributed by atoms with van der Waals surface area (Å²) in [6.07, 6.45) is -2.04. The fraction of sp³-hybridized carbons (Fsp3) is 0.364. The first kappa shape index (κ1) is 30.3. The van der Waals surface area contributed by atoms with Crippen LogP contribution in [0.25, 0.3) is 21.8 Å². The van der Waals surface area contributed by atoms with Gasteiger partial charge < -0.3 is 18.9 Å². The molecule has 3 aromatic carbocycles. The number of alkyl halides is 3. The maximum Gasteiger partial charge on any atom is 0.417 e. The first-order chi connectivity index (χ1) is 20.6. The number of hydrogen-bond donors (Lipinski definition) is 0. The standard InChI is InChI=1S/C33H33F3N2O5/c1-4-31(39)43-37-20(3)21-8-12-29-26(17-21)27-18-22(9-13-30(27)38(29)5-2)32(40)25-11-10-24(19-28(25)33(34,35)36)42-16-14-23-7-6-15-41-23/h8-13,17-19,23H,4-7,14-16H2,1-3H3. The molecule has 5 rings (SSSR count). The molecule has 0 spiro atoms. The quantitative estimate of drug-likeness (QED) is 0.0814. The van der Waals surface area contributed by atoms with E-state index < -0.39 is 29.1 Å². The number of hydrogen-bond acceptors (Lipinski definition) is 6. The van der Waals surface area contributed by atoms with Crippen LogP contribution >= 0.6 is 0 Å². The lowest BCUT2D eigenvalue weighted by Crippen LogP contribution is -2.15. The van der Waals surface area contributed by atoms with Crippen molar-refractivity contribution < 1.29 is 37.1 Å². The van der Waals surface area contributed by atoms with Crippen LogP contribution in [0.15, 0.2) is 59.8 Å². The molecule has 7 nitrogen and oxygen atoms in total. The van der Waals surface area contributed by atoms with Crippen molar-refractivity contribution in [3.8, 4) is 5.75 Å². The minimum atomic E-state index is -4.76. The average molecular weight is 595 g/mol. The first-order valence-electron chi connectivity index (χ1n) is 14.4. The Kier molecular flexibility index (Phi) is 8.87. The van der Waals surface area contributed by atoms with Crippen LogP contribution in [-0.2, 0) is 27.1 Å². The van der Waals surface area contributed by atoms with Crippen molar-refractivity contribution in [2.45, 2.75) is 65.3 Å². The predicted octanol–water partition coefficient (Wildman–Crippen LogP) is 7.69. The molecule has 2 heterocycles. The number of aryl methyl sites for hydroxylation is 1. The van der Waals surface area contributed by atoms with Gasteiger partial charge in [0.2, 0.25) is 0 Å². The van der Waals surface area contributed by atoms with E-state index in [4.69, 9.17) is 14.3 Å². The van der Waals surface area contributed by atoms with Crippen LogP contribution < -0.4 is 4.74 Å². The summed E-state index contributed by atoms with van der Waals surface area (Å²) in [5, 5.41) is 5.44. The molecule has 0 N–H and O–H groups in total. The van der Waals surface area contributed by atoms with Gasteiger partial charge in [-0.2, -0.15) is 13.2 Å². The fourth-order valence-corrected chi connectivity index (χ4v) is 5.43. The van der Waals surface area contributed by atoms with Crippen LogP contribution in [0.4, 0.5) is 13.2 Å². The molecule has 1 saturated heterocycles. The van der Waals surface area contributed by atoms with Gasteiger partial charge in [0.05, 0.1) is 24.0 Å². The SMILES string of the molecule is CCC(=O)ON=C(C)c1ccc2c(c1)c1cc(C(=O)c3ccc(OCCC4CCCO4)cc3C(F)(F)F)ccc1n2CC. The molecule has 1 fully saturated rings. The third-order valence-corrected chi connectivity index (χ3v) is 7.71. The monoisotopic (exact) mass is 594 g/mol. The highest BCUT2D eigenvalue weighted by molar-refractivity contribution is 6.16. The third-order valence-electron chi connectivity index (χ3n) is 7.71. The molecule has 10 heteroatoms. The van der Waals surface area contributed by atoms with Gasteiger partial charge in [-0.05, 0) is 80.8 Å². The van der Waals surface area contributed by atoms with Crippen molar-refractivity contribution in [2.24, 2.45) is 5.16 Å². The van der Waals surface area contributed by atoms with E-state index in [-0.39, 0.29) is 30.4 Å². The second-order valence-electron chi connectivity index (χ2n) is 10.5. The lowest BCUT2D eigenvalue weighted by molar-refractivity contribution is -0.143. The van der Waals surface area contributed by atoms with Crippen LogP contribution in [0.5, 0.6) is 5.75 Å². The predicted molar refractivity (Wildman–Crippen MR) is 158 cm³/mol. The number of carbonyl (C=O) groups is 2. The molecular formula is C33H33F3N2O5. The molecule has 0 saturated carbocycles. The summed E-state index contributed by atoms with van der Waals surface area (Å²) in [4.78, 5) is 30.1. The van der Waals surface area contributed by atoms with Gasteiger partial charge in [-0.3, -0.25) is 4.79 Å². The van der Waals surface area contributed by atoms with E-state index in [9.17, 15) is 22.8 Å². The molecule has 0 amide bonds. The Labute approximate surface area is 247 Å². The molecule has 1 atom stereocenters. The van der Waals surface area contributed by atoms with Crippen LogP contribution in [0, 0.1) is 0 Å². The van der Waals surface area contributed by atoms with E-state index in [0.717, 1.165) is 35.3 Å². The zero-order valence-electron chi connectivity index (χ0n) is 24.3. The number of aromatic nitrogens is 1. The van der Waals surface area contributed by atoms with Crippen molar-refractivity contribution in [1.29, 1.82) is 0 Å². The topological polar surface area (TPSA) is 79.1 Å². The number of rotatable bonds is 10. The van der Waals surface area contributed by atoms with Crippen LogP contribution in [-0.4, -0.2) is 41.3 Å². The number of benzene rings is 3. The number of carbonyl (C=O) groups excluding carboxylic acids is 2. The summed E-state index contributed by atoms with van der Waals surface area (Å²) < 4.78 is 55.7. The van der Waals surface area contributed by atoms with E-state index in [1.165, 1.54) is 12.1 Å². The Morgan fingerprint density at radius 1 is 1.00 bits per heavy atom. The number of fused-ring (bicyclic) bond motifs is 3. The highest BCUT2D eigenvalue weighted by Crippen LogP contribution is 2.37. The van der Waals surface area contributed by atoms with E-state index in [1.54, 1.807) is 32.0 Å². The number of oxime groups is 1. The van der Waals surface area contributed by atoms with Crippen molar-refractivity contribution in [3.63, 3.8) is 0 Å². The molecule has 1 aliphatic heterocycles. The first-order valence-corrected chi connectivity index (χ1v) is 14.4. The van der Waals surface area contributed by atoms with E-state index in [2.05, 4.69) is 9.72 Å². The van der Waals surface area contributed by atoms with Gasteiger partial charge in [0.25, 0.3) is 0 Å². The third kappa shape index (κ3) is 6.44. The van der Waals surface area contributed by atoms with Crippen LogP contribution in [0.1, 0.15) is 73.5 Å². The summed E-state index contributed by atoms with van der Waals surface area (Å²) in [6.45, 7) is 6.93. The van der Waals surface area contributed by atoms with Crippen molar-refractivity contribution >= 4 is 39.3 Å². The summed E-state index contributed by atoms with van der Waals surface area (Å²) in [7, 11) is 0. The average Bonchev–Trinajstić information content (AvgIpc) is 3.64. The Balaban J connectivity index is 1.49. The van der Waals surface area contributed by atoms with Crippen molar-refractivity contribution in [2.75, 3.05) is 13.2 Å². The smallest absolute Gasteiger partial charge is 0.417 e. The van der Waals surface area contributed by atoms with Gasteiger partial charge in [-0.1, -0.05) is 18.1 Å². The normalized spacial score (nSPS) is 15.8. The number of nitrogens with zero attached hydrogens (tertiary/aromatic N) is 2. The van der Waals surface area contributed by atoms with Gasteiger partial charge >= 0.3 is 12.1 Å². The minimum absolute atomic E-state index is 0.0533. The highest BCUT2D eigenvalue weighted by atomic mass is 19.4. The minimum Gasteiger partial charge on any atom is -0.493 e. The molecule has 226 valence electrons. The summed E-state index contributed by atoms with van der Waals surface area (Å²) in [5.74, 6) is -1.14. The molecule has 0 radical (unpaired) electrons. The van der Waals surface area contributed by atoms with Gasteiger partial charge in [0.15, 0.2) is 5.78 Å². The Morgan fingerprint density at radius 2 is 1.70 bits per heavy atom. The van der Waals surface area contributed by atoms with E-state index >= 15 is 0 Å². The maximum atomic E-state index is 14.2. The summed E-state index contributed by atoms with van der Waals surface area (Å²) >= 11 is 0. The zero-order valence-corrected chi connectivity index (χ0v) is 24.3. The van der Waals surface area contributed by atoms with E-state index in [0.29, 0.717) is 36.2 Å². The summed E-state index contributed by atoms with van der Waals surface area (Å²) in [5.41, 5.74) is 1.57. The van der Waals surface area contributed by atoms with E-state index in [1.807, 2.05) is 25.1 Å². The van der Waals surface area contributed by atoms with Crippen molar-refractivity contribution in [3.05, 3.63) is 76.9 Å². The molecule has 43 heavy (non-hydrogen) atoms. The molecule has 4 aromatic rings.